The quantitative estimate of drug-likeness (QED) is 0.738. The van der Waals surface area contributed by atoms with Gasteiger partial charge in [-0.05, 0) is 18.2 Å². The Labute approximate surface area is 110 Å². The lowest BCUT2D eigenvalue weighted by molar-refractivity contribution is -0.148. The van der Waals surface area contributed by atoms with E-state index in [0.717, 1.165) is 5.69 Å². The van der Waals surface area contributed by atoms with Gasteiger partial charge in [0, 0.05) is 7.05 Å². The van der Waals surface area contributed by atoms with Crippen LogP contribution in [0.4, 0.5) is 5.69 Å². The van der Waals surface area contributed by atoms with Gasteiger partial charge in [0.2, 0.25) is 6.10 Å². The summed E-state index contributed by atoms with van der Waals surface area (Å²) in [5.41, 5.74) is 1.18. The summed E-state index contributed by atoms with van der Waals surface area (Å²) in [6.45, 7) is 0.365. The average molecular weight is 265 g/mol. The van der Waals surface area contributed by atoms with Crippen LogP contribution in [0, 0.1) is 0 Å². The zero-order valence-electron chi connectivity index (χ0n) is 11.0. The number of nitrogens with zero attached hydrogens (tertiary/aromatic N) is 1. The first-order valence-electron chi connectivity index (χ1n) is 5.74. The molecule has 0 aromatic heterocycles. The summed E-state index contributed by atoms with van der Waals surface area (Å²) < 4.78 is 14.9. The number of esters is 2. The van der Waals surface area contributed by atoms with Crippen molar-refractivity contribution in [1.82, 2.24) is 0 Å². The van der Waals surface area contributed by atoms with Crippen molar-refractivity contribution in [3.63, 3.8) is 0 Å². The molecule has 0 aliphatic carbocycles. The van der Waals surface area contributed by atoms with Crippen LogP contribution in [0.25, 0.3) is 0 Å². The third-order valence-corrected chi connectivity index (χ3v) is 2.96. The number of benzene rings is 1. The van der Waals surface area contributed by atoms with Gasteiger partial charge in [-0.15, -0.1) is 0 Å². The van der Waals surface area contributed by atoms with E-state index in [1.54, 1.807) is 18.2 Å². The van der Waals surface area contributed by atoms with Crippen molar-refractivity contribution in [2.24, 2.45) is 0 Å². The molecule has 102 valence electrons. The van der Waals surface area contributed by atoms with Gasteiger partial charge in [-0.3, -0.25) is 0 Å². The summed E-state index contributed by atoms with van der Waals surface area (Å²) in [7, 11) is 4.47. The summed E-state index contributed by atoms with van der Waals surface area (Å²) in [6, 6.07) is 4.92. The monoisotopic (exact) mass is 265 g/mol. The summed E-state index contributed by atoms with van der Waals surface area (Å²) in [5.74, 6) is -0.294. The van der Waals surface area contributed by atoms with E-state index in [2.05, 4.69) is 9.47 Å². The van der Waals surface area contributed by atoms with Crippen molar-refractivity contribution in [3.8, 4) is 5.75 Å². The number of hydrogen-bond donors (Lipinski definition) is 0. The number of rotatable bonds is 2. The molecule has 0 amide bonds. The van der Waals surface area contributed by atoms with E-state index in [4.69, 9.17) is 4.74 Å². The fraction of sp³-hybridized carbons (Fsp3) is 0.385. The van der Waals surface area contributed by atoms with Gasteiger partial charge in [-0.2, -0.15) is 0 Å². The molecule has 1 aliphatic rings. The molecular weight excluding hydrogens is 250 g/mol. The topological polar surface area (TPSA) is 65.1 Å². The van der Waals surface area contributed by atoms with Gasteiger partial charge in [0.15, 0.2) is 0 Å². The number of fused-ring (bicyclic) bond motifs is 1. The molecule has 6 heteroatoms. The second-order valence-corrected chi connectivity index (χ2v) is 4.18. The van der Waals surface area contributed by atoms with Gasteiger partial charge in [-0.25, -0.2) is 9.59 Å². The maximum atomic E-state index is 11.5. The van der Waals surface area contributed by atoms with E-state index < -0.39 is 18.0 Å². The first-order valence-corrected chi connectivity index (χ1v) is 5.74. The van der Waals surface area contributed by atoms with Crippen LogP contribution in [-0.4, -0.2) is 45.9 Å². The van der Waals surface area contributed by atoms with Crippen LogP contribution in [-0.2, 0) is 14.3 Å². The predicted molar refractivity (Wildman–Crippen MR) is 67.5 cm³/mol. The molecule has 6 nitrogen and oxygen atoms in total. The largest absolute Gasteiger partial charge is 0.475 e. The number of carbonyl (C=O) groups excluding carboxylic acids is 2. The minimum absolute atomic E-state index is 0.365. The van der Waals surface area contributed by atoms with Crippen LogP contribution >= 0.6 is 0 Å². The van der Waals surface area contributed by atoms with E-state index in [1.807, 2.05) is 11.9 Å². The average Bonchev–Trinajstić information content (AvgIpc) is 2.45. The van der Waals surface area contributed by atoms with Crippen LogP contribution in [0.1, 0.15) is 10.4 Å². The Bertz CT molecular complexity index is 514. The van der Waals surface area contributed by atoms with E-state index in [1.165, 1.54) is 14.2 Å². The molecule has 19 heavy (non-hydrogen) atoms. The minimum atomic E-state index is -0.661. The summed E-state index contributed by atoms with van der Waals surface area (Å²) in [6.07, 6.45) is -0.661. The third-order valence-electron chi connectivity index (χ3n) is 2.96. The molecule has 0 saturated carbocycles. The Hall–Kier alpha value is -2.24. The number of ether oxygens (including phenoxy) is 3. The SMILES string of the molecule is COC(=O)c1ccc2c(c1)N(C)CC(C(=O)OC)O2. The number of likely N-dealkylation sites (N-methyl/N-ethyl adjacent to an activating group) is 1. The molecule has 0 bridgehead atoms. The standard InChI is InChI=1S/C13H15NO5/c1-14-7-11(13(16)18-3)19-10-5-4-8(6-9(10)14)12(15)17-2/h4-6,11H,7H2,1-3H3. The Kier molecular flexibility index (Phi) is 3.59. The molecule has 0 spiro atoms. The van der Waals surface area contributed by atoms with Crippen molar-refractivity contribution in [2.45, 2.75) is 6.10 Å². The molecular formula is C13H15NO5. The van der Waals surface area contributed by atoms with Crippen LogP contribution < -0.4 is 9.64 Å². The molecule has 0 radical (unpaired) electrons. The Morgan fingerprint density at radius 1 is 1.32 bits per heavy atom. The zero-order chi connectivity index (χ0) is 14.0. The fourth-order valence-electron chi connectivity index (χ4n) is 1.95. The van der Waals surface area contributed by atoms with E-state index in [0.29, 0.717) is 17.9 Å². The van der Waals surface area contributed by atoms with Crippen LogP contribution in [0.2, 0.25) is 0 Å². The van der Waals surface area contributed by atoms with Gasteiger partial charge < -0.3 is 19.1 Å². The summed E-state index contributed by atoms with van der Waals surface area (Å²) >= 11 is 0. The highest BCUT2D eigenvalue weighted by atomic mass is 16.6. The highest BCUT2D eigenvalue weighted by molar-refractivity contribution is 5.91. The lowest BCUT2D eigenvalue weighted by Gasteiger charge is -2.32. The van der Waals surface area contributed by atoms with Crippen molar-refractivity contribution in [2.75, 3.05) is 32.7 Å². The molecule has 1 unspecified atom stereocenters. The van der Waals surface area contributed by atoms with Crippen molar-refractivity contribution in [3.05, 3.63) is 23.8 Å². The second-order valence-electron chi connectivity index (χ2n) is 4.18. The second kappa shape index (κ2) is 5.17. The zero-order valence-corrected chi connectivity index (χ0v) is 11.0. The molecule has 0 N–H and O–H groups in total. The van der Waals surface area contributed by atoms with Gasteiger partial charge >= 0.3 is 11.9 Å². The van der Waals surface area contributed by atoms with Gasteiger partial charge in [-0.1, -0.05) is 0 Å². The van der Waals surface area contributed by atoms with Crippen LogP contribution in [0.5, 0.6) is 5.75 Å². The lowest BCUT2D eigenvalue weighted by Crippen LogP contribution is -2.43. The van der Waals surface area contributed by atoms with Gasteiger partial charge in [0.05, 0.1) is 32.0 Å². The Balaban J connectivity index is 2.30. The fourth-order valence-corrected chi connectivity index (χ4v) is 1.95. The molecule has 0 saturated heterocycles. The van der Waals surface area contributed by atoms with Crippen molar-refractivity contribution in [1.29, 1.82) is 0 Å². The number of hydrogen-bond acceptors (Lipinski definition) is 6. The smallest absolute Gasteiger partial charge is 0.348 e. The maximum Gasteiger partial charge on any atom is 0.348 e. The molecule has 0 fully saturated rings. The van der Waals surface area contributed by atoms with E-state index in [-0.39, 0.29) is 0 Å². The highest BCUT2D eigenvalue weighted by Gasteiger charge is 2.30. The summed E-state index contributed by atoms with van der Waals surface area (Å²) in [5, 5.41) is 0. The maximum absolute atomic E-state index is 11.5. The molecule has 1 aromatic carbocycles. The Morgan fingerprint density at radius 3 is 2.68 bits per heavy atom. The summed E-state index contributed by atoms with van der Waals surface area (Å²) in [4.78, 5) is 24.8. The predicted octanol–water partition coefficient (Wildman–Crippen LogP) is 0.843. The Morgan fingerprint density at radius 2 is 2.05 bits per heavy atom. The first-order chi connectivity index (χ1) is 9.06. The highest BCUT2D eigenvalue weighted by Crippen LogP contribution is 2.33. The molecule has 2 rings (SSSR count). The van der Waals surface area contributed by atoms with E-state index >= 15 is 0 Å². The van der Waals surface area contributed by atoms with Gasteiger partial charge in [0.25, 0.3) is 0 Å². The van der Waals surface area contributed by atoms with Crippen molar-refractivity contribution < 1.29 is 23.8 Å². The number of carbonyl (C=O) groups is 2. The third kappa shape index (κ3) is 2.47. The van der Waals surface area contributed by atoms with Gasteiger partial charge in [0.1, 0.15) is 5.75 Å². The molecule has 1 heterocycles. The van der Waals surface area contributed by atoms with Crippen molar-refractivity contribution >= 4 is 17.6 Å². The molecule has 1 aliphatic heterocycles. The van der Waals surface area contributed by atoms with E-state index in [9.17, 15) is 9.59 Å². The minimum Gasteiger partial charge on any atom is -0.475 e. The molecule has 1 atom stereocenters. The van der Waals surface area contributed by atoms with Crippen LogP contribution in [0.15, 0.2) is 18.2 Å². The normalized spacial score (nSPS) is 17.2. The first kappa shape index (κ1) is 13.2. The lowest BCUT2D eigenvalue weighted by atomic mass is 10.1. The number of methoxy groups -OCH3 is 2. The van der Waals surface area contributed by atoms with Crippen LogP contribution in [0.3, 0.4) is 0 Å². The number of anilines is 1. The molecule has 1 aromatic rings.